The molecule has 0 spiro atoms. The monoisotopic (exact) mass is 378 g/mol. The van der Waals surface area contributed by atoms with E-state index in [0.29, 0.717) is 12.0 Å². The number of guanidine groups is 1. The first-order valence-electron chi connectivity index (χ1n) is 7.84. The minimum absolute atomic E-state index is 0.0848. The molecule has 124 valence electrons. The van der Waals surface area contributed by atoms with Crippen LogP contribution in [0.1, 0.15) is 25.3 Å². The maximum atomic E-state index is 12.1. The van der Waals surface area contributed by atoms with E-state index in [-0.39, 0.29) is 12.5 Å². The Morgan fingerprint density at radius 2 is 2.09 bits per heavy atom. The van der Waals surface area contributed by atoms with E-state index in [2.05, 4.69) is 49.0 Å². The maximum absolute atomic E-state index is 12.1. The van der Waals surface area contributed by atoms with Gasteiger partial charge in [-0.05, 0) is 44.4 Å². The molecule has 0 fully saturated rings. The number of hydrogen-bond donors (Lipinski definition) is 3. The number of carbonyl (C=O) groups is 1. The number of amides is 1. The minimum atomic E-state index is -0.132. The van der Waals surface area contributed by atoms with Gasteiger partial charge in [0.25, 0.3) is 0 Å². The van der Waals surface area contributed by atoms with Gasteiger partial charge in [-0.25, -0.2) is 4.99 Å². The molecule has 5 nitrogen and oxygen atoms in total. The molecule has 1 aromatic rings. The molecule has 1 aromatic carbocycles. The summed E-state index contributed by atoms with van der Waals surface area (Å²) < 4.78 is 0.936. The summed E-state index contributed by atoms with van der Waals surface area (Å²) in [6.45, 7) is 4.82. The summed E-state index contributed by atoms with van der Waals surface area (Å²) in [7, 11) is 0. The summed E-state index contributed by atoms with van der Waals surface area (Å²) in [5, 5.41) is 9.42. The van der Waals surface area contributed by atoms with Crippen LogP contribution in [0.15, 0.2) is 39.8 Å². The molecule has 6 heteroatoms. The number of anilines is 1. The van der Waals surface area contributed by atoms with E-state index in [4.69, 9.17) is 0 Å². The topological polar surface area (TPSA) is 65.5 Å². The van der Waals surface area contributed by atoms with E-state index in [1.54, 1.807) is 0 Å². The Bertz CT molecular complexity index is 605. The van der Waals surface area contributed by atoms with Crippen molar-refractivity contribution in [1.29, 1.82) is 0 Å². The van der Waals surface area contributed by atoms with Crippen molar-refractivity contribution in [3.8, 4) is 0 Å². The third kappa shape index (κ3) is 5.71. The van der Waals surface area contributed by atoms with Crippen molar-refractivity contribution in [2.45, 2.75) is 32.7 Å². The third-order valence-electron chi connectivity index (χ3n) is 3.55. The molecule has 3 N–H and O–H groups in total. The van der Waals surface area contributed by atoms with E-state index in [1.807, 2.05) is 32.0 Å². The Morgan fingerprint density at radius 1 is 1.35 bits per heavy atom. The summed E-state index contributed by atoms with van der Waals surface area (Å²) in [6.07, 6.45) is 6.30. The van der Waals surface area contributed by atoms with Crippen LogP contribution in [0.25, 0.3) is 0 Å². The van der Waals surface area contributed by atoms with Crippen LogP contribution >= 0.6 is 15.9 Å². The van der Waals surface area contributed by atoms with Crippen LogP contribution in [-0.2, 0) is 4.79 Å². The average Bonchev–Trinajstić information content (AvgIpc) is 3.02. The standard InChI is InChI=1S/C17H23BrN4O/c1-3-19-17(21-14-6-4-5-7-14)20-11-16(23)22-15-10-13(18)9-8-12(15)2/h4-5,8-10,14H,3,6-7,11H2,1-2H3,(H,22,23)(H2,19,20,21). The lowest BCUT2D eigenvalue weighted by Gasteiger charge is -2.16. The van der Waals surface area contributed by atoms with Crippen molar-refractivity contribution >= 4 is 33.5 Å². The molecule has 23 heavy (non-hydrogen) atoms. The number of rotatable bonds is 5. The van der Waals surface area contributed by atoms with Gasteiger partial charge in [0.1, 0.15) is 6.54 Å². The first kappa shape index (κ1) is 17.5. The van der Waals surface area contributed by atoms with Crippen LogP contribution in [0.3, 0.4) is 0 Å². The van der Waals surface area contributed by atoms with Gasteiger partial charge >= 0.3 is 0 Å². The lowest BCUT2D eigenvalue weighted by molar-refractivity contribution is -0.114. The molecule has 0 unspecified atom stereocenters. The Kier molecular flexibility index (Phi) is 6.65. The summed E-state index contributed by atoms with van der Waals surface area (Å²) in [4.78, 5) is 16.5. The molecule has 0 aliphatic heterocycles. The average molecular weight is 379 g/mol. The van der Waals surface area contributed by atoms with Gasteiger partial charge in [-0.3, -0.25) is 4.79 Å². The van der Waals surface area contributed by atoms with E-state index in [0.717, 1.165) is 35.1 Å². The Morgan fingerprint density at radius 3 is 2.78 bits per heavy atom. The largest absolute Gasteiger partial charge is 0.357 e. The van der Waals surface area contributed by atoms with Crippen LogP contribution in [0, 0.1) is 6.92 Å². The van der Waals surface area contributed by atoms with E-state index in [1.165, 1.54) is 0 Å². The fourth-order valence-corrected chi connectivity index (χ4v) is 2.68. The van der Waals surface area contributed by atoms with Gasteiger partial charge < -0.3 is 16.0 Å². The number of halogens is 1. The van der Waals surface area contributed by atoms with Gasteiger partial charge in [0.15, 0.2) is 5.96 Å². The number of aliphatic imine (C=N–C) groups is 1. The summed E-state index contributed by atoms with van der Waals surface area (Å²) >= 11 is 3.41. The molecule has 0 aromatic heterocycles. The molecule has 1 aliphatic rings. The first-order chi connectivity index (χ1) is 11.1. The number of carbonyl (C=O) groups excluding carboxylic acids is 1. The Balaban J connectivity index is 1.92. The zero-order valence-corrected chi connectivity index (χ0v) is 15.1. The predicted octanol–water partition coefficient (Wildman–Crippen LogP) is 2.97. The van der Waals surface area contributed by atoms with Gasteiger partial charge in [-0.1, -0.05) is 34.1 Å². The van der Waals surface area contributed by atoms with Crippen molar-refractivity contribution < 1.29 is 4.79 Å². The lowest BCUT2D eigenvalue weighted by atomic mass is 10.2. The second kappa shape index (κ2) is 8.72. The molecule has 0 bridgehead atoms. The highest BCUT2D eigenvalue weighted by atomic mass is 79.9. The SMILES string of the molecule is CCNC(=NCC(=O)Nc1cc(Br)ccc1C)NC1CC=CC1. The number of benzene rings is 1. The smallest absolute Gasteiger partial charge is 0.246 e. The highest BCUT2D eigenvalue weighted by Gasteiger charge is 2.12. The van der Waals surface area contributed by atoms with Crippen molar-refractivity contribution in [2.75, 3.05) is 18.4 Å². The Labute approximate surface area is 145 Å². The van der Waals surface area contributed by atoms with E-state index >= 15 is 0 Å². The molecule has 0 radical (unpaired) electrons. The molecule has 2 rings (SSSR count). The molecule has 1 aliphatic carbocycles. The fraction of sp³-hybridized carbons (Fsp3) is 0.412. The van der Waals surface area contributed by atoms with Crippen LogP contribution in [0.2, 0.25) is 0 Å². The molecular weight excluding hydrogens is 356 g/mol. The first-order valence-corrected chi connectivity index (χ1v) is 8.63. The molecule has 1 amide bonds. The maximum Gasteiger partial charge on any atom is 0.246 e. The lowest BCUT2D eigenvalue weighted by Crippen LogP contribution is -2.43. The van der Waals surface area contributed by atoms with Crippen molar-refractivity contribution in [3.05, 3.63) is 40.4 Å². The van der Waals surface area contributed by atoms with Crippen LogP contribution in [0.5, 0.6) is 0 Å². The second-order valence-corrected chi connectivity index (χ2v) is 6.40. The molecule has 0 atom stereocenters. The number of nitrogens with zero attached hydrogens (tertiary/aromatic N) is 1. The van der Waals surface area contributed by atoms with E-state index in [9.17, 15) is 4.79 Å². The minimum Gasteiger partial charge on any atom is -0.357 e. The van der Waals surface area contributed by atoms with Crippen LogP contribution in [-0.4, -0.2) is 31.0 Å². The number of aryl methyl sites for hydroxylation is 1. The third-order valence-corrected chi connectivity index (χ3v) is 4.04. The second-order valence-electron chi connectivity index (χ2n) is 5.49. The normalized spacial score (nSPS) is 14.8. The summed E-state index contributed by atoms with van der Waals surface area (Å²) in [5.74, 6) is 0.551. The highest BCUT2D eigenvalue weighted by Crippen LogP contribution is 2.20. The molecule has 0 saturated carbocycles. The Hall–Kier alpha value is -1.82. The number of nitrogens with one attached hydrogen (secondary N) is 3. The van der Waals surface area contributed by atoms with Gasteiger partial charge in [-0.15, -0.1) is 0 Å². The van der Waals surface area contributed by atoms with E-state index < -0.39 is 0 Å². The van der Waals surface area contributed by atoms with Crippen LogP contribution in [0.4, 0.5) is 5.69 Å². The highest BCUT2D eigenvalue weighted by molar-refractivity contribution is 9.10. The molecule has 0 heterocycles. The summed E-state index contributed by atoms with van der Waals surface area (Å²) in [6, 6.07) is 6.17. The summed E-state index contributed by atoms with van der Waals surface area (Å²) in [5.41, 5.74) is 1.82. The van der Waals surface area contributed by atoms with Crippen molar-refractivity contribution in [2.24, 2.45) is 4.99 Å². The fourth-order valence-electron chi connectivity index (χ4n) is 2.32. The van der Waals surface area contributed by atoms with Crippen LogP contribution < -0.4 is 16.0 Å². The number of hydrogen-bond acceptors (Lipinski definition) is 2. The zero-order chi connectivity index (χ0) is 16.7. The van der Waals surface area contributed by atoms with Gasteiger partial charge in [0, 0.05) is 22.7 Å². The van der Waals surface area contributed by atoms with Crippen molar-refractivity contribution in [3.63, 3.8) is 0 Å². The molecule has 0 saturated heterocycles. The quantitative estimate of drug-likeness (QED) is 0.419. The van der Waals surface area contributed by atoms with Gasteiger partial charge in [0.05, 0.1) is 0 Å². The predicted molar refractivity (Wildman–Crippen MR) is 98.8 cm³/mol. The zero-order valence-electron chi connectivity index (χ0n) is 13.5. The van der Waals surface area contributed by atoms with Crippen molar-refractivity contribution in [1.82, 2.24) is 10.6 Å². The molecular formula is C17H23BrN4O. The van der Waals surface area contributed by atoms with Gasteiger partial charge in [-0.2, -0.15) is 0 Å². The van der Waals surface area contributed by atoms with Gasteiger partial charge in [0.2, 0.25) is 5.91 Å².